The Labute approximate surface area is 198 Å². The highest BCUT2D eigenvalue weighted by Gasteiger charge is 2.23. The molecule has 4 rings (SSSR count). The number of rotatable bonds is 8. The number of methoxy groups -OCH3 is 2. The van der Waals surface area contributed by atoms with Crippen LogP contribution < -0.4 is 19.8 Å². The number of imidazole rings is 1. The number of halogens is 1. The maximum atomic E-state index is 10.9. The molecule has 9 nitrogen and oxygen atoms in total. The number of fused-ring (bicyclic) bond motifs is 1. The third-order valence-corrected chi connectivity index (χ3v) is 7.61. The highest BCUT2D eigenvalue weighted by Crippen LogP contribution is 2.40. The van der Waals surface area contributed by atoms with Crippen LogP contribution in [0.4, 0.5) is 5.82 Å². The summed E-state index contributed by atoms with van der Waals surface area (Å²) in [6.45, 7) is 2.46. The number of nitrogen functional groups attached to an aromatic ring is 1. The van der Waals surface area contributed by atoms with E-state index in [0.717, 1.165) is 65.8 Å². The van der Waals surface area contributed by atoms with Gasteiger partial charge in [-0.15, -0.1) is 0 Å². The molecule has 0 unspecified atom stereocenters. The van der Waals surface area contributed by atoms with Crippen molar-refractivity contribution in [2.75, 3.05) is 33.0 Å². The lowest BCUT2D eigenvalue weighted by Gasteiger charge is -2.28. The summed E-state index contributed by atoms with van der Waals surface area (Å²) in [5.41, 5.74) is 7.63. The van der Waals surface area contributed by atoms with Crippen LogP contribution in [0.1, 0.15) is 19.3 Å². The number of likely N-dealkylation sites (tertiary alicyclic amines) is 1. The van der Waals surface area contributed by atoms with Crippen molar-refractivity contribution in [3.8, 4) is 11.5 Å². The number of piperidine rings is 1. The number of nitrogens with zero attached hydrogens (tertiary/aromatic N) is 4. The Balaban J connectivity index is 1.54. The molecule has 11 heteroatoms. The van der Waals surface area contributed by atoms with E-state index in [1.807, 2.05) is 21.6 Å². The number of carbonyl (C=O) groups excluding carboxylic acids is 1. The van der Waals surface area contributed by atoms with E-state index >= 15 is 0 Å². The maximum Gasteiger partial charge on any atom is 0.294 e. The number of nitrogens with one attached hydrogen (secondary N) is 1. The molecule has 0 spiro atoms. The molecule has 0 aliphatic carbocycles. The summed E-state index contributed by atoms with van der Waals surface area (Å²) < 4.78 is 13.7. The number of aromatic amines is 1. The number of amides is 1. The summed E-state index contributed by atoms with van der Waals surface area (Å²) in [6, 6.07) is 3.78. The average Bonchev–Trinajstić information content (AvgIpc) is 3.25. The molecule has 1 saturated heterocycles. The Bertz CT molecular complexity index is 1120. The third-order valence-electron chi connectivity index (χ3n) is 5.75. The number of carbonyl (C=O) groups is 1. The van der Waals surface area contributed by atoms with Gasteiger partial charge < -0.3 is 25.1 Å². The van der Waals surface area contributed by atoms with E-state index < -0.39 is 0 Å². The molecule has 1 fully saturated rings. The monoisotopic (exact) mass is 521 g/mol. The number of benzene rings is 1. The lowest BCUT2D eigenvalue weighted by molar-refractivity contribution is -0.677. The predicted molar refractivity (Wildman–Crippen MR) is 125 cm³/mol. The Hall–Kier alpha value is -2.53. The van der Waals surface area contributed by atoms with E-state index in [2.05, 4.69) is 25.9 Å². The second-order valence-electron chi connectivity index (χ2n) is 7.68. The van der Waals surface area contributed by atoms with Gasteiger partial charge >= 0.3 is 0 Å². The SMILES string of the molecule is COc1cc(Br)c(Sc2nc3c([nH]2)c(N)nc[n+]3CCC2CCN(C=O)CC2)cc1OC. The van der Waals surface area contributed by atoms with Gasteiger partial charge in [-0.1, -0.05) is 9.97 Å². The van der Waals surface area contributed by atoms with Gasteiger partial charge in [-0.05, 0) is 65.0 Å². The summed E-state index contributed by atoms with van der Waals surface area (Å²) in [5, 5.41) is 0.709. The van der Waals surface area contributed by atoms with E-state index in [-0.39, 0.29) is 0 Å². The molecule has 3 aromatic rings. The molecule has 1 aromatic carbocycles. The van der Waals surface area contributed by atoms with Crippen molar-refractivity contribution in [3.63, 3.8) is 0 Å². The molecule has 0 radical (unpaired) electrons. The van der Waals surface area contributed by atoms with Crippen LogP contribution in [-0.4, -0.2) is 53.6 Å². The minimum atomic E-state index is 0.418. The van der Waals surface area contributed by atoms with E-state index in [4.69, 9.17) is 20.2 Å². The van der Waals surface area contributed by atoms with E-state index in [1.165, 1.54) is 11.8 Å². The number of aryl methyl sites for hydroxylation is 1. The van der Waals surface area contributed by atoms with Gasteiger partial charge in [-0.3, -0.25) is 4.79 Å². The predicted octanol–water partition coefficient (Wildman–Crippen LogP) is 3.02. The molecule has 32 heavy (non-hydrogen) atoms. The molecule has 0 saturated carbocycles. The average molecular weight is 522 g/mol. The van der Waals surface area contributed by atoms with Gasteiger partial charge in [0, 0.05) is 22.5 Å². The molecular weight excluding hydrogens is 496 g/mol. The first-order chi connectivity index (χ1) is 15.5. The molecule has 2 aromatic heterocycles. The fraction of sp³-hybridized carbons (Fsp3) is 0.429. The summed E-state index contributed by atoms with van der Waals surface area (Å²) in [4.78, 5) is 26.1. The number of nitrogens with two attached hydrogens (primary N) is 1. The van der Waals surface area contributed by atoms with Crippen LogP contribution in [-0.2, 0) is 11.3 Å². The van der Waals surface area contributed by atoms with Crippen molar-refractivity contribution in [2.24, 2.45) is 5.92 Å². The fourth-order valence-corrected chi connectivity index (χ4v) is 5.26. The Morgan fingerprint density at radius 1 is 1.31 bits per heavy atom. The molecule has 170 valence electrons. The van der Waals surface area contributed by atoms with Crippen LogP contribution in [0.2, 0.25) is 0 Å². The van der Waals surface area contributed by atoms with Crippen molar-refractivity contribution >= 4 is 51.1 Å². The minimum absolute atomic E-state index is 0.418. The van der Waals surface area contributed by atoms with E-state index in [0.29, 0.717) is 28.4 Å². The van der Waals surface area contributed by atoms with Crippen molar-refractivity contribution in [1.29, 1.82) is 0 Å². The van der Waals surface area contributed by atoms with Crippen LogP contribution in [0, 0.1) is 5.92 Å². The topological polar surface area (TPSA) is 110 Å². The second kappa shape index (κ2) is 9.95. The van der Waals surface area contributed by atoms with Crippen LogP contribution in [0.25, 0.3) is 11.2 Å². The van der Waals surface area contributed by atoms with Crippen LogP contribution in [0.15, 0.2) is 33.0 Å². The molecule has 0 bridgehead atoms. The fourth-order valence-electron chi connectivity index (χ4n) is 3.88. The van der Waals surface area contributed by atoms with E-state index in [9.17, 15) is 4.79 Å². The third kappa shape index (κ3) is 4.78. The number of hydrogen-bond acceptors (Lipinski definition) is 7. The minimum Gasteiger partial charge on any atom is -0.493 e. The lowest BCUT2D eigenvalue weighted by atomic mass is 9.94. The van der Waals surface area contributed by atoms with Gasteiger partial charge in [0.15, 0.2) is 17.0 Å². The zero-order valence-corrected chi connectivity index (χ0v) is 20.4. The van der Waals surface area contributed by atoms with Crippen LogP contribution in [0.5, 0.6) is 11.5 Å². The Morgan fingerprint density at radius 2 is 2.03 bits per heavy atom. The zero-order valence-electron chi connectivity index (χ0n) is 18.0. The van der Waals surface area contributed by atoms with Gasteiger partial charge in [0.2, 0.25) is 23.7 Å². The van der Waals surface area contributed by atoms with E-state index in [1.54, 1.807) is 20.5 Å². The van der Waals surface area contributed by atoms with Crippen molar-refractivity contribution < 1.29 is 18.8 Å². The van der Waals surface area contributed by atoms with Crippen LogP contribution in [0.3, 0.4) is 0 Å². The number of anilines is 1. The molecule has 1 aliphatic rings. The zero-order chi connectivity index (χ0) is 22.7. The number of ether oxygens (including phenoxy) is 2. The largest absolute Gasteiger partial charge is 0.493 e. The van der Waals surface area contributed by atoms with Gasteiger partial charge in [0.05, 0.1) is 20.8 Å². The first-order valence-corrected chi connectivity index (χ1v) is 12.0. The molecule has 1 aliphatic heterocycles. The maximum absolute atomic E-state index is 10.9. The van der Waals surface area contributed by atoms with Crippen LogP contribution >= 0.6 is 27.7 Å². The highest BCUT2D eigenvalue weighted by atomic mass is 79.9. The normalized spacial score (nSPS) is 14.7. The standard InChI is InChI=1S/C21H25BrN6O3S/c1-30-15-9-14(22)17(10-16(15)31-2)32-21-25-18-19(23)24-11-28(20(18)26-21)8-5-13-3-6-27(12-29)7-4-13/h9-13H,3-8H2,1-2H3,(H2,23,25,26)/p+1. The molecule has 3 N–H and O–H groups in total. The quantitative estimate of drug-likeness (QED) is 0.346. The van der Waals surface area contributed by atoms with Crippen molar-refractivity contribution in [3.05, 3.63) is 22.9 Å². The lowest BCUT2D eigenvalue weighted by Crippen LogP contribution is -2.38. The van der Waals surface area contributed by atoms with Gasteiger partial charge in [0.25, 0.3) is 5.65 Å². The first kappa shape index (κ1) is 22.7. The van der Waals surface area contributed by atoms with Gasteiger partial charge in [-0.25, -0.2) is 4.57 Å². The molecule has 0 atom stereocenters. The molecular formula is C21H26BrN6O3S+. The molecule has 3 heterocycles. The Morgan fingerprint density at radius 3 is 2.72 bits per heavy atom. The Kier molecular flexibility index (Phi) is 7.04. The number of aromatic nitrogens is 4. The first-order valence-electron chi connectivity index (χ1n) is 10.3. The van der Waals surface area contributed by atoms with Crippen molar-refractivity contribution in [2.45, 2.75) is 35.9 Å². The smallest absolute Gasteiger partial charge is 0.294 e. The summed E-state index contributed by atoms with van der Waals surface area (Å²) >= 11 is 5.06. The van der Waals surface area contributed by atoms with Gasteiger partial charge in [0.1, 0.15) is 0 Å². The summed E-state index contributed by atoms with van der Waals surface area (Å²) in [7, 11) is 3.22. The number of H-pyrrole nitrogens is 1. The summed E-state index contributed by atoms with van der Waals surface area (Å²) in [5.74, 6) is 2.30. The number of hydrogen-bond donors (Lipinski definition) is 2. The molecule has 1 amide bonds. The van der Waals surface area contributed by atoms with Gasteiger partial charge in [-0.2, -0.15) is 0 Å². The summed E-state index contributed by atoms with van der Waals surface area (Å²) in [6.07, 6.45) is 5.76. The second-order valence-corrected chi connectivity index (χ2v) is 9.56. The highest BCUT2D eigenvalue weighted by molar-refractivity contribution is 9.10. The van der Waals surface area contributed by atoms with Crippen molar-refractivity contribution in [1.82, 2.24) is 19.9 Å².